The van der Waals surface area contributed by atoms with Gasteiger partial charge in [0.1, 0.15) is 22.3 Å². The molecular weight excluding hydrogens is 1530 g/mol. The van der Waals surface area contributed by atoms with Gasteiger partial charge in [-0.1, -0.05) is 367 Å². The number of fused-ring (bicyclic) bond motifs is 14. The Labute approximate surface area is 734 Å². The van der Waals surface area contributed by atoms with Crippen LogP contribution in [0.25, 0.3) is 177 Å². The fourth-order valence-corrected chi connectivity index (χ4v) is 20.0. The smallest absolute Gasteiger partial charge is 0.136 e. The van der Waals surface area contributed by atoms with Crippen molar-refractivity contribution in [3.63, 3.8) is 0 Å². The second-order valence-electron chi connectivity index (χ2n) is 34.6. The van der Waals surface area contributed by atoms with E-state index in [0.29, 0.717) is 0 Å². The van der Waals surface area contributed by atoms with Crippen LogP contribution in [0.1, 0.15) is 49.9 Å². The minimum Gasteiger partial charge on any atom is -0.456 e. The number of nitrogens with zero attached hydrogens (tertiary/aromatic N) is 2. The monoisotopic (exact) mass is 1610 g/mol. The maximum Gasteiger partial charge on any atom is 0.136 e. The third-order valence-corrected chi connectivity index (χ3v) is 26.6. The predicted molar refractivity (Wildman–Crippen MR) is 530 cm³/mol. The fraction of sp³-hybridized carbons (Fsp3) is 0.0492. The Balaban J connectivity index is 0.000000145. The molecule has 0 amide bonds. The van der Waals surface area contributed by atoms with Gasteiger partial charge < -0.3 is 18.6 Å². The summed E-state index contributed by atoms with van der Waals surface area (Å²) in [5.74, 6) is 0. The Bertz CT molecular complexity index is 7810. The average Bonchev–Trinajstić information content (AvgIpc) is 1.56. The lowest BCUT2D eigenvalue weighted by atomic mass is 9.81. The van der Waals surface area contributed by atoms with E-state index in [1.54, 1.807) is 0 Å². The average molecular weight is 1610 g/mol. The molecule has 596 valence electrons. The molecular formula is C122H86N2O2. The van der Waals surface area contributed by atoms with E-state index in [9.17, 15) is 0 Å². The summed E-state index contributed by atoms with van der Waals surface area (Å²) in [6.07, 6.45) is 0. The van der Waals surface area contributed by atoms with E-state index in [4.69, 9.17) is 8.83 Å². The highest BCUT2D eigenvalue weighted by molar-refractivity contribution is 6.12. The van der Waals surface area contributed by atoms with Crippen LogP contribution in [-0.2, 0) is 10.8 Å². The Hall–Kier alpha value is -15.9. The molecule has 0 saturated heterocycles. The molecule has 0 radical (unpaired) electrons. The molecule has 0 aliphatic heterocycles. The van der Waals surface area contributed by atoms with Gasteiger partial charge in [0.05, 0.1) is 11.4 Å². The Kier molecular flexibility index (Phi) is 18.3. The standard InChI is InChI=1S/2C61H43NO/c1-61(2)56-37-45(41-15-7-4-8-16-41)27-32-51(56)52-34-31-48(39-57(52)61)62(47-29-25-43(26-30-47)46-28-33-55-54-19-11-12-20-59(54)63-60(55)38-46)58-36-35-49(50-17-9-10-18-53(50)58)44-23-21-42(22-24-44)40-13-5-3-6-14-40;1-61(2)56-37-45(41-15-7-4-8-16-41)27-32-51(56)52-34-31-48(39-57(52)61)62(47-29-25-44(26-30-47)43-23-21-42(22-24-43)40-13-5-3-6-14-40)58-36-35-49(50-17-9-10-18-53(50)58)46-28-33-55-54-19-11-12-20-59(54)63-60(55)38-46/h2*3-39H,1-2H3. The summed E-state index contributed by atoms with van der Waals surface area (Å²) in [5, 5.41) is 9.33. The molecule has 2 heterocycles. The summed E-state index contributed by atoms with van der Waals surface area (Å²) < 4.78 is 12.7. The minimum atomic E-state index is -0.200. The number of furan rings is 2. The van der Waals surface area contributed by atoms with Crippen LogP contribution in [0, 0.1) is 0 Å². The highest BCUT2D eigenvalue weighted by atomic mass is 16.3. The molecule has 0 atom stereocenters. The number of benzene rings is 20. The Morgan fingerprint density at radius 1 is 0.159 bits per heavy atom. The predicted octanol–water partition coefficient (Wildman–Crippen LogP) is 34.4. The molecule has 0 saturated carbocycles. The van der Waals surface area contributed by atoms with Crippen molar-refractivity contribution < 1.29 is 8.83 Å². The van der Waals surface area contributed by atoms with E-state index in [2.05, 4.69) is 462 Å². The van der Waals surface area contributed by atoms with E-state index in [1.165, 1.54) is 138 Å². The van der Waals surface area contributed by atoms with Crippen molar-refractivity contribution in [3.8, 4) is 111 Å². The van der Waals surface area contributed by atoms with E-state index < -0.39 is 0 Å². The van der Waals surface area contributed by atoms with Gasteiger partial charge in [-0.2, -0.15) is 0 Å². The van der Waals surface area contributed by atoms with Gasteiger partial charge in [0.25, 0.3) is 0 Å². The van der Waals surface area contributed by atoms with Gasteiger partial charge in [0.2, 0.25) is 0 Å². The van der Waals surface area contributed by atoms with Gasteiger partial charge in [-0.05, 0) is 253 Å². The Morgan fingerprint density at radius 2 is 0.405 bits per heavy atom. The first kappa shape index (κ1) is 75.1. The first-order valence-electron chi connectivity index (χ1n) is 43.6. The highest BCUT2D eigenvalue weighted by Gasteiger charge is 2.39. The molecule has 2 aliphatic carbocycles. The summed E-state index contributed by atoms with van der Waals surface area (Å²) in [5.41, 5.74) is 39.7. The van der Waals surface area contributed by atoms with Gasteiger partial charge in [0, 0.05) is 65.9 Å². The van der Waals surface area contributed by atoms with Crippen molar-refractivity contribution in [1.82, 2.24) is 0 Å². The first-order valence-corrected chi connectivity index (χ1v) is 43.6. The second-order valence-corrected chi connectivity index (χ2v) is 34.6. The van der Waals surface area contributed by atoms with Crippen LogP contribution < -0.4 is 9.80 Å². The van der Waals surface area contributed by atoms with Gasteiger partial charge in [-0.25, -0.2) is 0 Å². The summed E-state index contributed by atoms with van der Waals surface area (Å²) >= 11 is 0. The second kappa shape index (κ2) is 30.6. The van der Waals surface area contributed by atoms with Gasteiger partial charge >= 0.3 is 0 Å². The lowest BCUT2D eigenvalue weighted by Crippen LogP contribution is -2.17. The van der Waals surface area contributed by atoms with Crippen LogP contribution in [0.5, 0.6) is 0 Å². The molecule has 2 aliphatic rings. The van der Waals surface area contributed by atoms with Gasteiger partial charge in [0.15, 0.2) is 0 Å². The number of rotatable bonds is 14. The summed E-state index contributed by atoms with van der Waals surface area (Å²) in [4.78, 5) is 4.90. The quantitative estimate of drug-likeness (QED) is 0.109. The van der Waals surface area contributed by atoms with Crippen molar-refractivity contribution in [2.24, 2.45) is 0 Å². The summed E-state index contributed by atoms with van der Waals surface area (Å²) in [6.45, 7) is 9.51. The lowest BCUT2D eigenvalue weighted by molar-refractivity contribution is 0.660. The van der Waals surface area contributed by atoms with E-state index >= 15 is 0 Å². The third-order valence-electron chi connectivity index (χ3n) is 26.6. The molecule has 0 N–H and O–H groups in total. The maximum atomic E-state index is 6.37. The molecule has 0 spiro atoms. The van der Waals surface area contributed by atoms with Crippen LogP contribution >= 0.6 is 0 Å². The van der Waals surface area contributed by atoms with Crippen molar-refractivity contribution in [3.05, 3.63) is 471 Å². The topological polar surface area (TPSA) is 32.8 Å². The van der Waals surface area contributed by atoms with Gasteiger partial charge in [-0.15, -0.1) is 0 Å². The van der Waals surface area contributed by atoms with Crippen LogP contribution in [0.2, 0.25) is 0 Å². The molecule has 24 rings (SSSR count). The molecule has 0 bridgehead atoms. The Morgan fingerprint density at radius 3 is 0.810 bits per heavy atom. The zero-order valence-electron chi connectivity index (χ0n) is 70.4. The van der Waals surface area contributed by atoms with Crippen molar-refractivity contribution in [2.45, 2.75) is 38.5 Å². The summed E-state index contributed by atoms with van der Waals surface area (Å²) in [6, 6.07) is 163. The van der Waals surface area contributed by atoms with Crippen LogP contribution in [0.3, 0.4) is 0 Å². The maximum absolute atomic E-state index is 6.37. The largest absolute Gasteiger partial charge is 0.456 e. The molecule has 22 aromatic rings. The van der Waals surface area contributed by atoms with Crippen LogP contribution in [-0.4, -0.2) is 0 Å². The molecule has 0 fully saturated rings. The molecule has 2 aromatic heterocycles. The normalized spacial score (nSPS) is 12.7. The number of para-hydroxylation sites is 2. The zero-order valence-corrected chi connectivity index (χ0v) is 70.4. The number of anilines is 6. The highest BCUT2D eigenvalue weighted by Crippen LogP contribution is 2.56. The van der Waals surface area contributed by atoms with Crippen LogP contribution in [0.15, 0.2) is 458 Å². The van der Waals surface area contributed by atoms with Crippen molar-refractivity contribution in [2.75, 3.05) is 9.80 Å². The molecule has 4 nitrogen and oxygen atoms in total. The van der Waals surface area contributed by atoms with Crippen molar-refractivity contribution in [1.29, 1.82) is 0 Å². The number of hydrogen-bond donors (Lipinski definition) is 0. The third kappa shape index (κ3) is 13.1. The number of hydrogen-bond acceptors (Lipinski definition) is 4. The van der Waals surface area contributed by atoms with E-state index in [1.807, 2.05) is 24.3 Å². The molecule has 4 heteroatoms. The SMILES string of the molecule is CC1(C)c2cc(-c3ccccc3)ccc2-c2ccc(N(c3ccc(-c4ccc(-c5ccccc5)cc4)cc3)c3ccc(-c4ccc5c(c4)oc4ccccc45)c4ccccc34)cc21.CC1(C)c2cc(-c3ccccc3)ccc2-c2ccc(N(c3ccc(-c4ccc5c(c4)oc4ccccc45)cc3)c3ccc(-c4ccc(-c5ccccc5)cc4)c4ccccc34)cc21. The zero-order chi connectivity index (χ0) is 84.1. The van der Waals surface area contributed by atoms with E-state index in [0.717, 1.165) is 94.7 Å². The van der Waals surface area contributed by atoms with Gasteiger partial charge in [-0.3, -0.25) is 0 Å². The van der Waals surface area contributed by atoms with E-state index in [-0.39, 0.29) is 10.8 Å². The minimum absolute atomic E-state index is 0.200. The first-order chi connectivity index (χ1) is 61.9. The molecule has 126 heavy (non-hydrogen) atoms. The fourth-order valence-electron chi connectivity index (χ4n) is 20.0. The molecule has 20 aromatic carbocycles. The lowest BCUT2D eigenvalue weighted by Gasteiger charge is -2.29. The molecule has 0 unspecified atom stereocenters. The van der Waals surface area contributed by atoms with Crippen molar-refractivity contribution >= 4 is 99.5 Å². The van der Waals surface area contributed by atoms with Crippen LogP contribution in [0.4, 0.5) is 34.1 Å². The summed E-state index contributed by atoms with van der Waals surface area (Å²) in [7, 11) is 0.